The molecule has 4 aliphatic heterocycles. The fourth-order valence-corrected chi connectivity index (χ4v) is 7.89. The minimum absolute atomic E-state index is 0.0525. The summed E-state index contributed by atoms with van der Waals surface area (Å²) < 4.78 is 4.81. The highest BCUT2D eigenvalue weighted by molar-refractivity contribution is 8.02. The van der Waals surface area contributed by atoms with Gasteiger partial charge in [0.1, 0.15) is 6.04 Å². The lowest BCUT2D eigenvalue weighted by Crippen LogP contribution is -2.55. The Bertz CT molecular complexity index is 830. The topological polar surface area (TPSA) is 87.2 Å². The molecule has 1 spiro atoms. The van der Waals surface area contributed by atoms with Crippen LogP contribution in [0.3, 0.4) is 0 Å². The lowest BCUT2D eigenvalue weighted by Gasteiger charge is -2.37. The van der Waals surface area contributed by atoms with Crippen LogP contribution in [0.25, 0.3) is 0 Å². The van der Waals surface area contributed by atoms with E-state index in [4.69, 9.17) is 4.74 Å². The molecule has 182 valence electrons. The van der Waals surface area contributed by atoms with Crippen molar-refractivity contribution in [1.82, 2.24) is 9.80 Å². The number of fused-ring (bicyclic) bond motifs is 2. The molecular weight excluding hydrogens is 440 g/mol. The van der Waals surface area contributed by atoms with E-state index in [0.29, 0.717) is 26.1 Å². The summed E-state index contributed by atoms with van der Waals surface area (Å²) >= 11 is 1.58. The molecule has 1 N–H and O–H groups in total. The van der Waals surface area contributed by atoms with Gasteiger partial charge in [-0.25, -0.2) is 0 Å². The number of nitrogens with zero attached hydrogens (tertiary/aromatic N) is 2. The van der Waals surface area contributed by atoms with Crippen molar-refractivity contribution in [2.24, 2.45) is 11.8 Å². The second-order valence-electron chi connectivity index (χ2n) is 9.57. The molecule has 0 aromatic rings. The van der Waals surface area contributed by atoms with Crippen molar-refractivity contribution in [3.63, 3.8) is 0 Å². The van der Waals surface area contributed by atoms with E-state index < -0.39 is 22.6 Å². The number of carbonyl (C=O) groups excluding carboxylic acids is 3. The van der Waals surface area contributed by atoms with Crippen LogP contribution >= 0.6 is 11.8 Å². The van der Waals surface area contributed by atoms with E-state index in [1.54, 1.807) is 16.7 Å². The Kier molecular flexibility index (Phi) is 7.53. The number of thioether (sulfide) groups is 1. The average molecular weight is 477 g/mol. The molecule has 4 aliphatic rings. The zero-order valence-corrected chi connectivity index (χ0v) is 20.5. The molecule has 6 atom stereocenters. The highest BCUT2D eigenvalue weighted by Gasteiger charge is 2.70. The molecule has 7 nitrogen and oxygen atoms in total. The van der Waals surface area contributed by atoms with Crippen LogP contribution in [0.1, 0.15) is 52.4 Å². The fraction of sp³-hybridized carbons (Fsp3) is 0.720. The van der Waals surface area contributed by atoms with Gasteiger partial charge in [0.2, 0.25) is 11.8 Å². The van der Waals surface area contributed by atoms with Gasteiger partial charge in [0.25, 0.3) is 0 Å². The van der Waals surface area contributed by atoms with Crippen LogP contribution in [0.4, 0.5) is 0 Å². The molecule has 0 aromatic heterocycles. The van der Waals surface area contributed by atoms with E-state index in [9.17, 15) is 19.5 Å². The molecule has 2 saturated heterocycles. The maximum atomic E-state index is 14.0. The van der Waals surface area contributed by atoms with Crippen molar-refractivity contribution < 1.29 is 24.2 Å². The lowest BCUT2D eigenvalue weighted by molar-refractivity contribution is -0.153. The van der Waals surface area contributed by atoms with E-state index in [0.717, 1.165) is 32.1 Å². The largest absolute Gasteiger partial charge is 0.465 e. The smallest absolute Gasteiger partial charge is 0.311 e. The maximum Gasteiger partial charge on any atom is 0.311 e. The second-order valence-corrected chi connectivity index (χ2v) is 11.1. The van der Waals surface area contributed by atoms with Gasteiger partial charge in [-0.15, -0.1) is 11.8 Å². The van der Waals surface area contributed by atoms with Gasteiger partial charge in [0.15, 0.2) is 0 Å². The molecule has 4 heterocycles. The Morgan fingerprint density at radius 3 is 2.82 bits per heavy atom. The second kappa shape index (κ2) is 10.2. The van der Waals surface area contributed by atoms with Crippen LogP contribution in [0.5, 0.6) is 0 Å². The Balaban J connectivity index is 1.78. The summed E-state index contributed by atoms with van der Waals surface area (Å²) in [6, 6.07) is -0.614. The molecule has 2 unspecified atom stereocenters. The molecule has 2 fully saturated rings. The van der Waals surface area contributed by atoms with E-state index in [-0.39, 0.29) is 35.7 Å². The molecule has 33 heavy (non-hydrogen) atoms. The fourth-order valence-electron chi connectivity index (χ4n) is 5.89. The summed E-state index contributed by atoms with van der Waals surface area (Å²) in [7, 11) is 0. The molecule has 0 bridgehead atoms. The zero-order valence-electron chi connectivity index (χ0n) is 19.7. The third kappa shape index (κ3) is 4.25. The number of hydrogen-bond donors (Lipinski definition) is 1. The SMILES string of the molecule is CCCC(C)N1CC=C[C@]23S[C@@H]4/C=C\CCCCOC(=O)[C@@H]4[C@H]2C(=O)N(CCCO)C3C1=O. The molecule has 4 rings (SSSR count). The van der Waals surface area contributed by atoms with Crippen molar-refractivity contribution in [2.75, 3.05) is 26.3 Å². The number of amides is 2. The van der Waals surface area contributed by atoms with Crippen LogP contribution in [-0.4, -0.2) is 81.1 Å². The average Bonchev–Trinajstić information content (AvgIpc) is 3.17. The summed E-state index contributed by atoms with van der Waals surface area (Å²) in [6.07, 6.45) is 13.1. The van der Waals surface area contributed by atoms with Gasteiger partial charge in [-0.3, -0.25) is 14.4 Å². The van der Waals surface area contributed by atoms with E-state index in [1.165, 1.54) is 0 Å². The number of likely N-dealkylation sites (tertiary alicyclic amines) is 1. The molecule has 0 radical (unpaired) electrons. The first-order valence-electron chi connectivity index (χ1n) is 12.4. The number of ether oxygens (including phenoxy) is 1. The first-order valence-corrected chi connectivity index (χ1v) is 13.2. The number of allylic oxidation sites excluding steroid dienone is 1. The third-order valence-corrected chi connectivity index (χ3v) is 9.17. The van der Waals surface area contributed by atoms with E-state index in [2.05, 4.69) is 26.0 Å². The van der Waals surface area contributed by atoms with Gasteiger partial charge in [-0.2, -0.15) is 0 Å². The number of carbonyl (C=O) groups is 3. The van der Waals surface area contributed by atoms with Crippen molar-refractivity contribution in [3.05, 3.63) is 24.3 Å². The first kappa shape index (κ1) is 24.3. The first-order chi connectivity index (χ1) is 16.0. The van der Waals surface area contributed by atoms with Crippen LogP contribution in [0.2, 0.25) is 0 Å². The molecular formula is C25H36N2O5S. The zero-order chi connectivity index (χ0) is 23.6. The van der Waals surface area contributed by atoms with Crippen molar-refractivity contribution in [1.29, 1.82) is 0 Å². The van der Waals surface area contributed by atoms with Crippen molar-refractivity contribution >= 4 is 29.5 Å². The Morgan fingerprint density at radius 2 is 2.06 bits per heavy atom. The summed E-state index contributed by atoms with van der Waals surface area (Å²) in [5, 5.41) is 9.26. The molecule has 0 saturated carbocycles. The minimum atomic E-state index is -0.808. The Labute approximate surface area is 200 Å². The van der Waals surface area contributed by atoms with Gasteiger partial charge in [-0.05, 0) is 39.0 Å². The van der Waals surface area contributed by atoms with Crippen LogP contribution < -0.4 is 0 Å². The summed E-state index contributed by atoms with van der Waals surface area (Å²) in [5.41, 5.74) is 0. The lowest BCUT2D eigenvalue weighted by atomic mass is 9.78. The highest BCUT2D eigenvalue weighted by Crippen LogP contribution is 2.60. The molecule has 8 heteroatoms. The molecule has 2 amide bonds. The third-order valence-electron chi connectivity index (χ3n) is 7.43. The number of hydrogen-bond acceptors (Lipinski definition) is 6. The van der Waals surface area contributed by atoms with Crippen LogP contribution in [0, 0.1) is 11.8 Å². The standard InChI is InChI=1S/C25H36N2O5S/c1-3-10-17(2)26-13-8-12-25-20(22(29)27(14-9-15-28)21(25)23(26)30)19-18(33-25)11-6-4-5-7-16-32-24(19)31/h6,8,11-12,17-21,28H,3-5,7,9-10,13-16H2,1-2H3/b11-6-/t17?,18-,19+,20+,21?,25+/m1/s1. The predicted octanol–water partition coefficient (Wildman–Crippen LogP) is 2.54. The number of esters is 1. The minimum Gasteiger partial charge on any atom is -0.465 e. The normalized spacial score (nSPS) is 36.0. The monoisotopic (exact) mass is 476 g/mol. The van der Waals surface area contributed by atoms with E-state index >= 15 is 0 Å². The van der Waals surface area contributed by atoms with Crippen LogP contribution in [0.15, 0.2) is 24.3 Å². The summed E-state index contributed by atoms with van der Waals surface area (Å²) in [4.78, 5) is 44.6. The number of rotatable bonds is 6. The van der Waals surface area contributed by atoms with Gasteiger partial charge in [-0.1, -0.05) is 37.6 Å². The summed E-state index contributed by atoms with van der Waals surface area (Å²) in [5.74, 6) is -1.81. The van der Waals surface area contributed by atoms with Gasteiger partial charge < -0.3 is 19.6 Å². The number of aliphatic hydroxyl groups excluding tert-OH is 1. The molecule has 0 aliphatic carbocycles. The van der Waals surface area contributed by atoms with Crippen molar-refractivity contribution in [2.45, 2.75) is 74.5 Å². The molecule has 0 aromatic carbocycles. The Morgan fingerprint density at radius 1 is 1.24 bits per heavy atom. The quantitative estimate of drug-likeness (QED) is 0.468. The number of cyclic esters (lactones) is 1. The maximum absolute atomic E-state index is 14.0. The van der Waals surface area contributed by atoms with Gasteiger partial charge >= 0.3 is 5.97 Å². The Hall–Kier alpha value is -1.80. The van der Waals surface area contributed by atoms with E-state index in [1.807, 2.05) is 17.1 Å². The summed E-state index contributed by atoms with van der Waals surface area (Å²) in [6.45, 7) is 5.27. The highest BCUT2D eigenvalue weighted by atomic mass is 32.2. The predicted molar refractivity (Wildman–Crippen MR) is 127 cm³/mol. The number of aliphatic hydroxyl groups is 1. The van der Waals surface area contributed by atoms with Gasteiger partial charge in [0.05, 0.1) is 23.2 Å². The van der Waals surface area contributed by atoms with Gasteiger partial charge in [0, 0.05) is 31.0 Å². The van der Waals surface area contributed by atoms with Crippen molar-refractivity contribution in [3.8, 4) is 0 Å². The van der Waals surface area contributed by atoms with Crippen LogP contribution in [-0.2, 0) is 19.1 Å².